The van der Waals surface area contributed by atoms with Gasteiger partial charge in [-0.05, 0) is 23.8 Å². The number of nitrogen functional groups attached to an aromatic ring is 1. The quantitative estimate of drug-likeness (QED) is 0.802. The number of hydrogen-bond acceptors (Lipinski definition) is 2. The summed E-state index contributed by atoms with van der Waals surface area (Å²) < 4.78 is 12.1. The lowest BCUT2D eigenvalue weighted by Crippen LogP contribution is -1.98. The van der Waals surface area contributed by atoms with Crippen LogP contribution in [0.2, 0.25) is 0 Å². The molecule has 2 rings (SSSR count). The fourth-order valence-electron chi connectivity index (χ4n) is 1.28. The van der Waals surface area contributed by atoms with Crippen LogP contribution in [0.4, 0.5) is 10.1 Å². The zero-order valence-corrected chi connectivity index (χ0v) is 9.71. The first-order valence-electron chi connectivity index (χ1n) is 5.34. The van der Waals surface area contributed by atoms with Crippen LogP contribution in [0.15, 0.2) is 54.6 Å². The molecule has 3 N–H and O–H groups in total. The second kappa shape index (κ2) is 7.06. The highest BCUT2D eigenvalue weighted by atomic mass is 19.1. The van der Waals surface area contributed by atoms with Crippen LogP contribution in [-0.2, 0) is 11.2 Å². The van der Waals surface area contributed by atoms with Gasteiger partial charge < -0.3 is 10.8 Å². The van der Waals surface area contributed by atoms with Gasteiger partial charge in [-0.15, -0.1) is 0 Å². The van der Waals surface area contributed by atoms with Gasteiger partial charge in [-0.2, -0.15) is 0 Å². The smallest absolute Gasteiger partial charge is 0.307 e. The Morgan fingerprint density at radius 3 is 2.22 bits per heavy atom. The Labute approximate surface area is 105 Å². The number of benzene rings is 2. The van der Waals surface area contributed by atoms with Gasteiger partial charge >= 0.3 is 5.97 Å². The van der Waals surface area contributed by atoms with Crippen LogP contribution in [0.25, 0.3) is 0 Å². The number of carbonyl (C=O) groups is 1. The van der Waals surface area contributed by atoms with Gasteiger partial charge in [-0.1, -0.05) is 36.4 Å². The van der Waals surface area contributed by atoms with E-state index < -0.39 is 5.97 Å². The van der Waals surface area contributed by atoms with Crippen LogP contribution in [0.3, 0.4) is 0 Å². The molecule has 2 aromatic carbocycles. The van der Waals surface area contributed by atoms with Crippen LogP contribution in [0, 0.1) is 5.82 Å². The molecule has 0 unspecified atom stereocenters. The lowest BCUT2D eigenvalue weighted by molar-refractivity contribution is -0.136. The molecule has 0 spiro atoms. The minimum Gasteiger partial charge on any atom is -0.481 e. The highest BCUT2D eigenvalue weighted by Gasteiger charge is 1.96. The second-order valence-electron chi connectivity index (χ2n) is 3.61. The SMILES string of the molecule is Nc1cccc(F)c1.O=C(O)Cc1ccccc1. The summed E-state index contributed by atoms with van der Waals surface area (Å²) in [7, 11) is 0. The third-order valence-corrected chi connectivity index (χ3v) is 2.05. The Balaban J connectivity index is 0.000000184. The van der Waals surface area contributed by atoms with E-state index >= 15 is 0 Å². The molecule has 0 aliphatic rings. The maximum absolute atomic E-state index is 12.1. The highest BCUT2D eigenvalue weighted by Crippen LogP contribution is 2.02. The first-order valence-corrected chi connectivity index (χ1v) is 5.34. The molecule has 0 fully saturated rings. The number of carboxylic acids is 1. The summed E-state index contributed by atoms with van der Waals surface area (Å²) in [6.07, 6.45) is 0.112. The average molecular weight is 247 g/mol. The summed E-state index contributed by atoms with van der Waals surface area (Å²) in [4.78, 5) is 10.2. The van der Waals surface area contributed by atoms with E-state index in [1.165, 1.54) is 12.1 Å². The summed E-state index contributed by atoms with van der Waals surface area (Å²) in [6.45, 7) is 0. The number of carboxylic acid groups (broad SMARTS) is 1. The summed E-state index contributed by atoms with van der Waals surface area (Å²) in [5, 5.41) is 8.37. The number of anilines is 1. The fraction of sp³-hybridized carbons (Fsp3) is 0.0714. The van der Waals surface area contributed by atoms with Gasteiger partial charge in [-0.3, -0.25) is 4.79 Å². The third-order valence-electron chi connectivity index (χ3n) is 2.05. The van der Waals surface area contributed by atoms with E-state index in [4.69, 9.17) is 10.8 Å². The van der Waals surface area contributed by atoms with Crippen molar-refractivity contribution in [2.24, 2.45) is 0 Å². The second-order valence-corrected chi connectivity index (χ2v) is 3.61. The van der Waals surface area contributed by atoms with Crippen molar-refractivity contribution in [1.82, 2.24) is 0 Å². The molecule has 0 bridgehead atoms. The van der Waals surface area contributed by atoms with E-state index in [2.05, 4.69) is 0 Å². The summed E-state index contributed by atoms with van der Waals surface area (Å²) in [5.74, 6) is -1.07. The Kier molecular flexibility index (Phi) is 5.38. The minimum absolute atomic E-state index is 0.112. The van der Waals surface area contributed by atoms with Crippen LogP contribution >= 0.6 is 0 Å². The lowest BCUT2D eigenvalue weighted by atomic mass is 10.2. The molecule has 0 aliphatic carbocycles. The largest absolute Gasteiger partial charge is 0.481 e. The monoisotopic (exact) mass is 247 g/mol. The van der Waals surface area contributed by atoms with E-state index in [9.17, 15) is 9.18 Å². The molecule has 3 nitrogen and oxygen atoms in total. The van der Waals surface area contributed by atoms with Crippen LogP contribution in [0.1, 0.15) is 5.56 Å². The van der Waals surface area contributed by atoms with Gasteiger partial charge in [0.05, 0.1) is 6.42 Å². The molecule has 2 aromatic rings. The Hall–Kier alpha value is -2.36. The number of aliphatic carboxylic acids is 1. The van der Waals surface area contributed by atoms with E-state index in [-0.39, 0.29) is 12.2 Å². The predicted octanol–water partition coefficient (Wildman–Crippen LogP) is 2.72. The summed E-state index contributed by atoms with van der Waals surface area (Å²) in [6, 6.07) is 15.0. The average Bonchev–Trinajstić information content (AvgIpc) is 2.30. The minimum atomic E-state index is -0.786. The molecule has 18 heavy (non-hydrogen) atoms. The number of rotatable bonds is 2. The molecule has 0 saturated carbocycles. The van der Waals surface area contributed by atoms with Gasteiger partial charge in [-0.25, -0.2) is 4.39 Å². The van der Waals surface area contributed by atoms with Gasteiger partial charge in [0.15, 0.2) is 0 Å². The molecule has 0 heterocycles. The number of hydrogen-bond donors (Lipinski definition) is 2. The molecule has 0 amide bonds. The number of halogens is 1. The van der Waals surface area contributed by atoms with Gasteiger partial charge in [0.1, 0.15) is 5.82 Å². The van der Waals surface area contributed by atoms with Crippen molar-refractivity contribution < 1.29 is 14.3 Å². The van der Waals surface area contributed by atoms with Crippen molar-refractivity contribution in [3.63, 3.8) is 0 Å². The Bertz CT molecular complexity index is 483. The van der Waals surface area contributed by atoms with E-state index in [1.807, 2.05) is 18.2 Å². The summed E-state index contributed by atoms with van der Waals surface area (Å²) in [5.41, 5.74) is 6.52. The molecular formula is C14H14FNO2. The highest BCUT2D eigenvalue weighted by molar-refractivity contribution is 5.70. The Morgan fingerprint density at radius 2 is 1.78 bits per heavy atom. The first-order chi connectivity index (χ1) is 8.58. The molecule has 94 valence electrons. The summed E-state index contributed by atoms with van der Waals surface area (Å²) >= 11 is 0. The van der Waals surface area contributed by atoms with Crippen LogP contribution in [0.5, 0.6) is 0 Å². The maximum atomic E-state index is 12.1. The number of nitrogens with two attached hydrogens (primary N) is 1. The lowest BCUT2D eigenvalue weighted by Gasteiger charge is -1.92. The van der Waals surface area contributed by atoms with Crippen molar-refractivity contribution in [1.29, 1.82) is 0 Å². The predicted molar refractivity (Wildman–Crippen MR) is 68.6 cm³/mol. The molecule has 0 aliphatic heterocycles. The van der Waals surface area contributed by atoms with Crippen molar-refractivity contribution in [2.75, 3.05) is 5.73 Å². The van der Waals surface area contributed by atoms with Crippen molar-refractivity contribution in [2.45, 2.75) is 6.42 Å². The molecule has 0 saturated heterocycles. The van der Waals surface area contributed by atoms with Gasteiger partial charge in [0.2, 0.25) is 0 Å². The normalized spacial score (nSPS) is 9.17. The van der Waals surface area contributed by atoms with Crippen LogP contribution < -0.4 is 5.73 Å². The molecule has 4 heteroatoms. The molecule has 0 atom stereocenters. The fourth-order valence-corrected chi connectivity index (χ4v) is 1.28. The van der Waals surface area contributed by atoms with Gasteiger partial charge in [0.25, 0.3) is 0 Å². The van der Waals surface area contributed by atoms with Crippen molar-refractivity contribution >= 4 is 11.7 Å². The first kappa shape index (κ1) is 13.7. The zero-order chi connectivity index (χ0) is 13.4. The van der Waals surface area contributed by atoms with Crippen LogP contribution in [-0.4, -0.2) is 11.1 Å². The topological polar surface area (TPSA) is 63.3 Å². The van der Waals surface area contributed by atoms with Gasteiger partial charge in [0, 0.05) is 5.69 Å². The maximum Gasteiger partial charge on any atom is 0.307 e. The van der Waals surface area contributed by atoms with Crippen molar-refractivity contribution in [3.8, 4) is 0 Å². The van der Waals surface area contributed by atoms with E-state index in [1.54, 1.807) is 24.3 Å². The Morgan fingerprint density at radius 1 is 1.11 bits per heavy atom. The molecular weight excluding hydrogens is 233 g/mol. The molecule has 0 radical (unpaired) electrons. The zero-order valence-electron chi connectivity index (χ0n) is 9.71. The van der Waals surface area contributed by atoms with E-state index in [0.717, 1.165) is 5.56 Å². The molecule has 0 aromatic heterocycles. The van der Waals surface area contributed by atoms with Crippen molar-refractivity contribution in [3.05, 3.63) is 66.0 Å². The standard InChI is InChI=1S/C8H8O2.C6H6FN/c9-8(10)6-7-4-2-1-3-5-7;7-5-2-1-3-6(8)4-5/h1-5H,6H2,(H,9,10);1-4H,8H2. The third kappa shape index (κ3) is 5.65. The van der Waals surface area contributed by atoms with E-state index in [0.29, 0.717) is 5.69 Å².